The van der Waals surface area contributed by atoms with Crippen molar-refractivity contribution in [1.29, 1.82) is 0 Å². The summed E-state index contributed by atoms with van der Waals surface area (Å²) in [6, 6.07) is 13.4. The first kappa shape index (κ1) is 14.5. The van der Waals surface area contributed by atoms with Gasteiger partial charge in [0.15, 0.2) is 0 Å². The van der Waals surface area contributed by atoms with E-state index in [2.05, 4.69) is 41.1 Å². The van der Waals surface area contributed by atoms with Gasteiger partial charge in [-0.05, 0) is 61.7 Å². The number of likely N-dealkylation sites (tertiary alicyclic amines) is 1. The Morgan fingerprint density at radius 1 is 1.13 bits per heavy atom. The summed E-state index contributed by atoms with van der Waals surface area (Å²) in [5.74, 6) is 1.09. The lowest BCUT2D eigenvalue weighted by Crippen LogP contribution is -2.28. The second-order valence-corrected chi connectivity index (χ2v) is 6.48. The second-order valence-electron chi connectivity index (χ2n) is 6.48. The molecule has 1 fully saturated rings. The van der Waals surface area contributed by atoms with Crippen LogP contribution in [0.5, 0.6) is 0 Å². The Labute approximate surface area is 136 Å². The normalized spacial score (nSPS) is 18.7. The lowest BCUT2D eigenvalue weighted by atomic mass is 10.1. The monoisotopic (exact) mass is 306 g/mol. The third-order valence-corrected chi connectivity index (χ3v) is 4.92. The van der Waals surface area contributed by atoms with Gasteiger partial charge in [0.25, 0.3) is 0 Å². The van der Waals surface area contributed by atoms with Gasteiger partial charge >= 0.3 is 0 Å². The summed E-state index contributed by atoms with van der Waals surface area (Å²) in [4.78, 5) is 6.64. The van der Waals surface area contributed by atoms with E-state index < -0.39 is 0 Å². The summed E-state index contributed by atoms with van der Waals surface area (Å²) in [7, 11) is 0. The zero-order chi connectivity index (χ0) is 15.6. The molecule has 0 spiro atoms. The fraction of sp³-hybridized carbons (Fsp3) is 0.350. The van der Waals surface area contributed by atoms with Gasteiger partial charge in [-0.3, -0.25) is 4.98 Å². The van der Waals surface area contributed by atoms with Crippen molar-refractivity contribution in [1.82, 2.24) is 9.88 Å². The number of fused-ring (bicyclic) bond motifs is 1. The van der Waals surface area contributed by atoms with Crippen LogP contribution in [0.4, 0.5) is 0 Å². The first-order valence-corrected chi connectivity index (χ1v) is 8.46. The number of hydrogen-bond acceptors (Lipinski definition) is 3. The van der Waals surface area contributed by atoms with Gasteiger partial charge < -0.3 is 9.32 Å². The molecule has 3 heterocycles. The van der Waals surface area contributed by atoms with Crippen molar-refractivity contribution in [3.05, 3.63) is 54.6 Å². The summed E-state index contributed by atoms with van der Waals surface area (Å²) in [6.07, 6.45) is 7.30. The van der Waals surface area contributed by atoms with Crippen LogP contribution in [0.1, 0.15) is 25.5 Å². The van der Waals surface area contributed by atoms with Crippen LogP contribution in [-0.4, -0.2) is 29.0 Å². The van der Waals surface area contributed by atoms with E-state index in [1.54, 1.807) is 0 Å². The van der Waals surface area contributed by atoms with E-state index in [0.717, 1.165) is 30.4 Å². The molecule has 23 heavy (non-hydrogen) atoms. The Kier molecular flexibility index (Phi) is 3.88. The van der Waals surface area contributed by atoms with Crippen LogP contribution in [0.3, 0.4) is 0 Å². The molecular formula is C20H22N2O. The molecule has 1 aliphatic heterocycles. The number of nitrogens with zero attached hydrogens (tertiary/aromatic N) is 2. The fourth-order valence-electron chi connectivity index (χ4n) is 3.51. The Morgan fingerprint density at radius 3 is 2.78 bits per heavy atom. The predicted molar refractivity (Wildman–Crippen MR) is 93.4 cm³/mol. The minimum atomic E-state index is 0.720. The molecule has 1 atom stereocenters. The quantitative estimate of drug-likeness (QED) is 0.709. The molecule has 2 aromatic heterocycles. The Hall–Kier alpha value is -2.13. The number of pyridine rings is 1. The molecule has 3 aromatic rings. The first-order chi connectivity index (χ1) is 11.3. The molecule has 0 unspecified atom stereocenters. The van der Waals surface area contributed by atoms with Gasteiger partial charge in [-0.25, -0.2) is 0 Å². The lowest BCUT2D eigenvalue weighted by molar-refractivity contribution is 0.266. The molecule has 3 heteroatoms. The Balaban J connectivity index is 1.54. The maximum atomic E-state index is 6.08. The van der Waals surface area contributed by atoms with Crippen molar-refractivity contribution in [3.63, 3.8) is 0 Å². The van der Waals surface area contributed by atoms with Crippen molar-refractivity contribution in [2.24, 2.45) is 0 Å². The molecule has 0 radical (unpaired) electrons. The molecular weight excluding hydrogens is 284 g/mol. The molecule has 118 valence electrons. The average Bonchev–Trinajstić information content (AvgIpc) is 3.18. The van der Waals surface area contributed by atoms with Crippen LogP contribution in [-0.2, 0) is 6.42 Å². The van der Waals surface area contributed by atoms with Crippen LogP contribution >= 0.6 is 0 Å². The summed E-state index contributed by atoms with van der Waals surface area (Å²) in [6.45, 7) is 4.65. The van der Waals surface area contributed by atoms with Crippen LogP contribution in [0.2, 0.25) is 0 Å². The SMILES string of the molecule is C[C@@H]1CCCN1CCc1cc2ccc(-c3ccncc3)cc2o1. The van der Waals surface area contributed by atoms with Gasteiger partial charge in [0.05, 0.1) is 0 Å². The van der Waals surface area contributed by atoms with Crippen LogP contribution in [0, 0.1) is 0 Å². The summed E-state index contributed by atoms with van der Waals surface area (Å²) in [5.41, 5.74) is 3.32. The number of rotatable bonds is 4. The molecule has 0 aliphatic carbocycles. The Morgan fingerprint density at radius 2 is 2.00 bits per heavy atom. The number of hydrogen-bond donors (Lipinski definition) is 0. The van der Waals surface area contributed by atoms with Crippen molar-refractivity contribution >= 4 is 11.0 Å². The Bertz CT molecular complexity index is 794. The van der Waals surface area contributed by atoms with Crippen molar-refractivity contribution in [2.45, 2.75) is 32.2 Å². The topological polar surface area (TPSA) is 29.3 Å². The van der Waals surface area contributed by atoms with Crippen LogP contribution < -0.4 is 0 Å². The van der Waals surface area contributed by atoms with Crippen molar-refractivity contribution in [2.75, 3.05) is 13.1 Å². The molecule has 0 saturated carbocycles. The molecule has 4 rings (SSSR count). The van der Waals surface area contributed by atoms with Gasteiger partial charge in [0.1, 0.15) is 11.3 Å². The third-order valence-electron chi connectivity index (χ3n) is 4.92. The number of aromatic nitrogens is 1. The number of furan rings is 1. The third kappa shape index (κ3) is 3.02. The molecule has 1 aliphatic rings. The van der Waals surface area contributed by atoms with Gasteiger partial charge in [0, 0.05) is 36.8 Å². The summed E-state index contributed by atoms with van der Waals surface area (Å²) < 4.78 is 6.08. The van der Waals surface area contributed by atoms with Crippen LogP contribution in [0.15, 0.2) is 53.2 Å². The van der Waals surface area contributed by atoms with E-state index in [0.29, 0.717) is 0 Å². The molecule has 0 N–H and O–H groups in total. The second kappa shape index (κ2) is 6.17. The first-order valence-electron chi connectivity index (χ1n) is 8.46. The van der Waals surface area contributed by atoms with Crippen molar-refractivity contribution < 1.29 is 4.42 Å². The minimum absolute atomic E-state index is 0.720. The highest BCUT2D eigenvalue weighted by Gasteiger charge is 2.20. The number of benzene rings is 1. The zero-order valence-corrected chi connectivity index (χ0v) is 13.5. The molecule has 0 bridgehead atoms. The molecule has 1 aromatic carbocycles. The van der Waals surface area contributed by atoms with E-state index in [1.165, 1.54) is 35.9 Å². The van der Waals surface area contributed by atoms with E-state index in [4.69, 9.17) is 4.42 Å². The smallest absolute Gasteiger partial charge is 0.134 e. The maximum Gasteiger partial charge on any atom is 0.134 e. The van der Waals surface area contributed by atoms with E-state index in [9.17, 15) is 0 Å². The average molecular weight is 306 g/mol. The highest BCUT2D eigenvalue weighted by atomic mass is 16.3. The highest BCUT2D eigenvalue weighted by molar-refractivity contribution is 5.83. The van der Waals surface area contributed by atoms with Gasteiger partial charge in [-0.2, -0.15) is 0 Å². The van der Waals surface area contributed by atoms with Crippen LogP contribution in [0.25, 0.3) is 22.1 Å². The zero-order valence-electron chi connectivity index (χ0n) is 13.5. The largest absolute Gasteiger partial charge is 0.461 e. The standard InChI is InChI=1S/C20H22N2O/c1-15-3-2-11-22(15)12-8-19-13-18-5-4-17(14-20(18)23-19)16-6-9-21-10-7-16/h4-7,9-10,13-15H,2-3,8,11-12H2,1H3/t15-/m1/s1. The summed E-state index contributed by atoms with van der Waals surface area (Å²) in [5, 5.41) is 1.19. The molecule has 1 saturated heterocycles. The van der Waals surface area contributed by atoms with Gasteiger partial charge in [-0.1, -0.05) is 12.1 Å². The maximum absolute atomic E-state index is 6.08. The van der Waals surface area contributed by atoms with Gasteiger partial charge in [0.2, 0.25) is 0 Å². The van der Waals surface area contributed by atoms with Crippen molar-refractivity contribution in [3.8, 4) is 11.1 Å². The lowest BCUT2D eigenvalue weighted by Gasteiger charge is -2.19. The summed E-state index contributed by atoms with van der Waals surface area (Å²) >= 11 is 0. The molecule has 3 nitrogen and oxygen atoms in total. The van der Waals surface area contributed by atoms with E-state index >= 15 is 0 Å². The van der Waals surface area contributed by atoms with E-state index in [-0.39, 0.29) is 0 Å². The highest BCUT2D eigenvalue weighted by Crippen LogP contribution is 2.27. The fourth-order valence-corrected chi connectivity index (χ4v) is 3.51. The predicted octanol–water partition coefficient (Wildman–Crippen LogP) is 4.52. The molecule has 0 amide bonds. The minimum Gasteiger partial charge on any atom is -0.461 e. The van der Waals surface area contributed by atoms with E-state index in [1.807, 2.05) is 24.5 Å². The van der Waals surface area contributed by atoms with Gasteiger partial charge in [-0.15, -0.1) is 0 Å².